The molecule has 1 aliphatic rings. The van der Waals surface area contributed by atoms with Gasteiger partial charge in [-0.25, -0.2) is 14.4 Å². The molecule has 3 rings (SSSR count). The number of ether oxygens (including phenoxy) is 1. The first-order valence-corrected chi connectivity index (χ1v) is 9.39. The highest BCUT2D eigenvalue weighted by atomic mass is 32.2. The Balaban J connectivity index is 1.71. The van der Waals surface area contributed by atoms with Gasteiger partial charge in [0, 0.05) is 49.8 Å². The Morgan fingerprint density at radius 3 is 2.71 bits per heavy atom. The summed E-state index contributed by atoms with van der Waals surface area (Å²) in [4.78, 5) is 10.9. The lowest BCUT2D eigenvalue weighted by Crippen LogP contribution is -2.31. The molecule has 1 aromatic carbocycles. The number of hydrogen-bond donors (Lipinski definition) is 0. The van der Waals surface area contributed by atoms with Crippen molar-refractivity contribution in [2.75, 3.05) is 19.4 Å². The van der Waals surface area contributed by atoms with Crippen LogP contribution in [0.5, 0.6) is 0 Å². The molecule has 24 heavy (non-hydrogen) atoms. The van der Waals surface area contributed by atoms with Crippen LogP contribution in [0.2, 0.25) is 0 Å². The number of hydrogen-bond acceptors (Lipinski definition) is 5. The monoisotopic (exact) mass is 347 g/mol. The molecule has 0 amide bonds. The summed E-state index contributed by atoms with van der Waals surface area (Å²) < 4.78 is 19.8. The predicted octanol–water partition coefficient (Wildman–Crippen LogP) is 3.52. The van der Waals surface area contributed by atoms with Crippen LogP contribution in [-0.2, 0) is 17.8 Å². The molecule has 0 saturated carbocycles. The molecule has 0 radical (unpaired) electrons. The highest BCUT2D eigenvalue weighted by Crippen LogP contribution is 2.18. The van der Waals surface area contributed by atoms with Crippen molar-refractivity contribution in [1.82, 2.24) is 14.9 Å². The Kier molecular flexibility index (Phi) is 6.18. The summed E-state index contributed by atoms with van der Waals surface area (Å²) >= 11 is 1.52. The molecule has 0 aliphatic carbocycles. The Bertz CT molecular complexity index is 647. The minimum atomic E-state index is -0.163. The topological polar surface area (TPSA) is 38.2 Å². The van der Waals surface area contributed by atoms with Crippen molar-refractivity contribution in [2.24, 2.45) is 0 Å². The molecular weight excluding hydrogens is 325 g/mol. The zero-order valence-electron chi connectivity index (χ0n) is 13.8. The SMILES string of the molecule is CSc1ncc(CN(Cc2ccccc2F)C[C@@H]2CCCO2)cn1. The number of aromatic nitrogens is 2. The van der Waals surface area contributed by atoms with Gasteiger partial charge in [-0.1, -0.05) is 30.0 Å². The number of benzene rings is 1. The number of nitrogens with zero attached hydrogens (tertiary/aromatic N) is 3. The third kappa shape index (κ3) is 4.75. The standard InChI is InChI=1S/C18H22FN3OS/c1-24-18-20-9-14(10-21-18)11-22(13-16-6-4-8-23-16)12-15-5-2-3-7-17(15)19/h2-3,5,7,9-10,16H,4,6,8,11-13H2,1H3/t16-/m0/s1. The lowest BCUT2D eigenvalue weighted by atomic mass is 10.1. The average molecular weight is 347 g/mol. The van der Waals surface area contributed by atoms with Crippen LogP contribution in [0.4, 0.5) is 4.39 Å². The second-order valence-corrected chi connectivity index (χ2v) is 6.75. The van der Waals surface area contributed by atoms with Gasteiger partial charge in [0.25, 0.3) is 0 Å². The molecule has 1 aliphatic heterocycles. The van der Waals surface area contributed by atoms with Gasteiger partial charge in [-0.15, -0.1) is 0 Å². The van der Waals surface area contributed by atoms with Gasteiger partial charge in [0.05, 0.1) is 6.10 Å². The first kappa shape index (κ1) is 17.3. The van der Waals surface area contributed by atoms with Gasteiger partial charge in [0.15, 0.2) is 5.16 Å². The fraction of sp³-hybridized carbons (Fsp3) is 0.444. The van der Waals surface area contributed by atoms with Gasteiger partial charge in [-0.2, -0.15) is 0 Å². The van der Waals surface area contributed by atoms with E-state index >= 15 is 0 Å². The van der Waals surface area contributed by atoms with Crippen molar-refractivity contribution in [3.8, 4) is 0 Å². The lowest BCUT2D eigenvalue weighted by Gasteiger charge is -2.25. The molecule has 0 spiro atoms. The van der Waals surface area contributed by atoms with Crippen LogP contribution >= 0.6 is 11.8 Å². The van der Waals surface area contributed by atoms with E-state index in [0.29, 0.717) is 18.7 Å². The van der Waals surface area contributed by atoms with Gasteiger partial charge in [-0.3, -0.25) is 4.90 Å². The van der Waals surface area contributed by atoms with Gasteiger partial charge < -0.3 is 4.74 Å². The van der Waals surface area contributed by atoms with E-state index in [1.807, 2.05) is 30.8 Å². The van der Waals surface area contributed by atoms with Crippen LogP contribution in [0.15, 0.2) is 41.8 Å². The molecule has 2 heterocycles. The molecule has 1 saturated heterocycles. The third-order valence-electron chi connectivity index (χ3n) is 4.11. The normalized spacial score (nSPS) is 17.5. The van der Waals surface area contributed by atoms with E-state index in [4.69, 9.17) is 4.74 Å². The third-order valence-corrected chi connectivity index (χ3v) is 4.68. The predicted molar refractivity (Wildman–Crippen MR) is 93.3 cm³/mol. The summed E-state index contributed by atoms with van der Waals surface area (Å²) in [6.07, 6.45) is 8.05. The highest BCUT2D eigenvalue weighted by molar-refractivity contribution is 7.98. The van der Waals surface area contributed by atoms with Gasteiger partial charge in [0.1, 0.15) is 5.82 Å². The molecule has 4 nitrogen and oxygen atoms in total. The molecule has 128 valence electrons. The molecular formula is C18H22FN3OS. The minimum absolute atomic E-state index is 0.163. The second-order valence-electron chi connectivity index (χ2n) is 5.97. The van der Waals surface area contributed by atoms with Gasteiger partial charge >= 0.3 is 0 Å². The first-order valence-electron chi connectivity index (χ1n) is 8.17. The van der Waals surface area contributed by atoms with E-state index in [1.54, 1.807) is 6.07 Å². The summed E-state index contributed by atoms with van der Waals surface area (Å²) in [6.45, 7) is 2.85. The number of halogens is 1. The summed E-state index contributed by atoms with van der Waals surface area (Å²) in [5, 5.41) is 0.763. The van der Waals surface area contributed by atoms with E-state index in [2.05, 4.69) is 14.9 Å². The van der Waals surface area contributed by atoms with Crippen molar-refractivity contribution in [3.63, 3.8) is 0 Å². The van der Waals surface area contributed by atoms with Crippen LogP contribution in [0, 0.1) is 5.82 Å². The van der Waals surface area contributed by atoms with Gasteiger partial charge in [0.2, 0.25) is 0 Å². The van der Waals surface area contributed by atoms with Crippen LogP contribution in [0.1, 0.15) is 24.0 Å². The Hall–Kier alpha value is -1.50. The smallest absolute Gasteiger partial charge is 0.187 e. The fourth-order valence-electron chi connectivity index (χ4n) is 2.92. The van der Waals surface area contributed by atoms with E-state index < -0.39 is 0 Å². The Morgan fingerprint density at radius 2 is 2.04 bits per heavy atom. The Labute approximate surface area is 146 Å². The zero-order chi connectivity index (χ0) is 16.8. The number of rotatable bonds is 7. The first-order chi connectivity index (χ1) is 11.7. The minimum Gasteiger partial charge on any atom is -0.377 e. The molecule has 1 atom stereocenters. The van der Waals surface area contributed by atoms with E-state index in [0.717, 1.165) is 36.7 Å². The molecule has 1 aromatic heterocycles. The van der Waals surface area contributed by atoms with E-state index in [-0.39, 0.29) is 11.9 Å². The maximum atomic E-state index is 14.0. The average Bonchev–Trinajstić information content (AvgIpc) is 3.10. The quantitative estimate of drug-likeness (QED) is 0.566. The van der Waals surface area contributed by atoms with Crippen LogP contribution in [-0.4, -0.2) is 40.4 Å². The highest BCUT2D eigenvalue weighted by Gasteiger charge is 2.20. The molecule has 0 bridgehead atoms. The van der Waals surface area contributed by atoms with Crippen molar-refractivity contribution < 1.29 is 9.13 Å². The fourth-order valence-corrected chi connectivity index (χ4v) is 3.23. The summed E-state index contributed by atoms with van der Waals surface area (Å²) in [7, 11) is 0. The molecule has 1 fully saturated rings. The van der Waals surface area contributed by atoms with Crippen molar-refractivity contribution in [3.05, 3.63) is 53.6 Å². The zero-order valence-corrected chi connectivity index (χ0v) is 14.6. The Morgan fingerprint density at radius 1 is 1.25 bits per heavy atom. The van der Waals surface area contributed by atoms with E-state index in [1.165, 1.54) is 17.8 Å². The van der Waals surface area contributed by atoms with Crippen molar-refractivity contribution in [1.29, 1.82) is 0 Å². The maximum Gasteiger partial charge on any atom is 0.187 e. The van der Waals surface area contributed by atoms with Crippen LogP contribution < -0.4 is 0 Å². The second kappa shape index (κ2) is 8.55. The van der Waals surface area contributed by atoms with Crippen LogP contribution in [0.25, 0.3) is 0 Å². The summed E-state index contributed by atoms with van der Waals surface area (Å²) in [5.74, 6) is -0.163. The summed E-state index contributed by atoms with van der Waals surface area (Å²) in [5.41, 5.74) is 1.74. The molecule has 2 aromatic rings. The maximum absolute atomic E-state index is 14.0. The molecule has 0 unspecified atom stereocenters. The summed E-state index contributed by atoms with van der Waals surface area (Å²) in [6, 6.07) is 6.94. The van der Waals surface area contributed by atoms with E-state index in [9.17, 15) is 4.39 Å². The van der Waals surface area contributed by atoms with Crippen molar-refractivity contribution >= 4 is 11.8 Å². The molecule has 6 heteroatoms. The van der Waals surface area contributed by atoms with Gasteiger partial charge in [-0.05, 0) is 25.2 Å². The largest absolute Gasteiger partial charge is 0.377 e. The number of thioether (sulfide) groups is 1. The lowest BCUT2D eigenvalue weighted by molar-refractivity contribution is 0.0674. The van der Waals surface area contributed by atoms with Crippen molar-refractivity contribution in [2.45, 2.75) is 37.2 Å². The van der Waals surface area contributed by atoms with Crippen LogP contribution in [0.3, 0.4) is 0 Å². The molecule has 0 N–H and O–H groups in total.